The molecule has 0 aliphatic rings. The lowest BCUT2D eigenvalue weighted by molar-refractivity contribution is -0.123. The lowest BCUT2D eigenvalue weighted by atomic mass is 10.1. The smallest absolute Gasteiger partial charge is 0.253 e. The second-order valence-electron chi connectivity index (χ2n) is 6.53. The van der Waals surface area contributed by atoms with Gasteiger partial charge in [-0.3, -0.25) is 9.69 Å². The number of hydrogen-bond donors (Lipinski definition) is 0. The Bertz CT molecular complexity index is 793. The van der Waals surface area contributed by atoms with Gasteiger partial charge in [-0.05, 0) is 37.5 Å². The van der Waals surface area contributed by atoms with E-state index in [1.54, 1.807) is 22.3 Å². The van der Waals surface area contributed by atoms with Crippen molar-refractivity contribution in [2.75, 3.05) is 18.1 Å². The Morgan fingerprint density at radius 1 is 1.42 bits per heavy atom. The molecular formula is C20H25N3O2S. The first kappa shape index (κ1) is 20.1. The number of carbonyl (C=O) groups is 1. The normalized spacial score (nSPS) is 10.8. The topological polar surface area (TPSA) is 66.2 Å². The largest absolute Gasteiger partial charge is 0.372 e. The van der Waals surface area contributed by atoms with Crippen molar-refractivity contribution in [3.8, 4) is 6.07 Å². The maximum absolute atomic E-state index is 12.8. The van der Waals surface area contributed by atoms with Gasteiger partial charge in [0.1, 0.15) is 11.6 Å². The highest BCUT2D eigenvalue weighted by Crippen LogP contribution is 2.31. The average Bonchev–Trinajstić information content (AvgIpc) is 2.96. The van der Waals surface area contributed by atoms with Crippen molar-refractivity contribution < 1.29 is 9.53 Å². The second-order valence-corrected chi connectivity index (χ2v) is 7.59. The predicted molar refractivity (Wildman–Crippen MR) is 104 cm³/mol. The van der Waals surface area contributed by atoms with E-state index in [2.05, 4.69) is 24.9 Å². The van der Waals surface area contributed by atoms with Crippen molar-refractivity contribution in [3.63, 3.8) is 0 Å². The monoisotopic (exact) mass is 371 g/mol. The number of aromatic nitrogens is 1. The summed E-state index contributed by atoms with van der Waals surface area (Å²) in [5.41, 5.74) is 2.35. The van der Waals surface area contributed by atoms with Crippen molar-refractivity contribution in [2.24, 2.45) is 5.92 Å². The first-order valence-corrected chi connectivity index (χ1v) is 9.59. The number of anilines is 1. The number of carbonyl (C=O) groups excluding carboxylic acids is 1. The molecule has 0 N–H and O–H groups in total. The molecule has 0 aliphatic carbocycles. The second kappa shape index (κ2) is 9.46. The maximum Gasteiger partial charge on any atom is 0.253 e. The van der Waals surface area contributed by atoms with Crippen LogP contribution >= 0.6 is 11.3 Å². The average molecular weight is 372 g/mol. The summed E-state index contributed by atoms with van der Waals surface area (Å²) >= 11 is 1.56. The third-order valence-electron chi connectivity index (χ3n) is 3.77. The van der Waals surface area contributed by atoms with Gasteiger partial charge in [0, 0.05) is 13.0 Å². The zero-order valence-electron chi connectivity index (χ0n) is 15.8. The van der Waals surface area contributed by atoms with Crippen molar-refractivity contribution in [3.05, 3.63) is 46.1 Å². The van der Waals surface area contributed by atoms with Crippen LogP contribution in [0.15, 0.2) is 24.3 Å². The number of hydrogen-bond acceptors (Lipinski definition) is 5. The summed E-state index contributed by atoms with van der Waals surface area (Å²) in [6.45, 7) is 9.03. The third kappa shape index (κ3) is 5.38. The number of nitrogens with zero attached hydrogens (tertiary/aromatic N) is 3. The van der Waals surface area contributed by atoms with Crippen molar-refractivity contribution in [2.45, 2.75) is 40.7 Å². The number of rotatable bonds is 8. The maximum atomic E-state index is 12.8. The Morgan fingerprint density at radius 3 is 2.85 bits per heavy atom. The summed E-state index contributed by atoms with van der Waals surface area (Å²) < 4.78 is 5.33. The molecule has 0 saturated heterocycles. The molecule has 1 aromatic carbocycles. The molecule has 26 heavy (non-hydrogen) atoms. The van der Waals surface area contributed by atoms with Gasteiger partial charge in [-0.1, -0.05) is 26.0 Å². The Kier molecular flexibility index (Phi) is 7.31. The minimum Gasteiger partial charge on any atom is -0.372 e. The van der Waals surface area contributed by atoms with Gasteiger partial charge in [0.15, 0.2) is 0 Å². The van der Waals surface area contributed by atoms with Crippen molar-refractivity contribution in [1.82, 2.24) is 4.98 Å². The molecule has 5 nitrogen and oxygen atoms in total. The molecular weight excluding hydrogens is 346 g/mol. The molecule has 0 aliphatic heterocycles. The van der Waals surface area contributed by atoms with Crippen molar-refractivity contribution >= 4 is 22.2 Å². The zero-order valence-corrected chi connectivity index (χ0v) is 16.6. The molecule has 1 amide bonds. The van der Waals surface area contributed by atoms with Gasteiger partial charge in [-0.25, -0.2) is 4.98 Å². The van der Waals surface area contributed by atoms with Gasteiger partial charge >= 0.3 is 0 Å². The summed E-state index contributed by atoms with van der Waals surface area (Å²) in [5, 5.41) is 11.0. The van der Waals surface area contributed by atoms with Crippen LogP contribution in [0.1, 0.15) is 42.6 Å². The van der Waals surface area contributed by atoms with E-state index in [0.717, 1.165) is 27.7 Å². The molecule has 0 saturated carbocycles. The summed E-state index contributed by atoms with van der Waals surface area (Å²) in [4.78, 5) is 19.1. The Hall–Kier alpha value is -2.23. The predicted octanol–water partition coefficient (Wildman–Crippen LogP) is 4.09. The third-order valence-corrected chi connectivity index (χ3v) is 4.97. The highest BCUT2D eigenvalue weighted by atomic mass is 32.1. The van der Waals surface area contributed by atoms with Crippen molar-refractivity contribution in [1.29, 1.82) is 5.26 Å². The number of amides is 1. The molecule has 1 aromatic heterocycles. The van der Waals surface area contributed by atoms with E-state index in [0.29, 0.717) is 24.6 Å². The molecule has 0 unspecified atom stereocenters. The van der Waals surface area contributed by atoms with Gasteiger partial charge in [0.2, 0.25) is 0 Å². The summed E-state index contributed by atoms with van der Waals surface area (Å²) in [5.74, 6) is 0.408. The van der Waals surface area contributed by atoms with Crippen LogP contribution in [0, 0.1) is 24.2 Å². The molecule has 2 aromatic rings. The van der Waals surface area contributed by atoms with Gasteiger partial charge in [0.05, 0.1) is 28.9 Å². The van der Waals surface area contributed by atoms with Crippen LogP contribution in [0.3, 0.4) is 0 Å². The summed E-state index contributed by atoms with van der Waals surface area (Å²) in [6, 6.07) is 9.47. The minimum atomic E-state index is -0.0999. The fraction of sp³-hybridized carbons (Fsp3) is 0.450. The standard InChI is InChI=1S/C20H25N3O2S/c1-5-25-13-19(24)23(12-17-8-6-7-16(10-17)11-21)20-15(4)22-18(26-20)9-14(2)3/h6-8,10,14H,5,9,12-13H2,1-4H3. The SMILES string of the molecule is CCOCC(=O)N(Cc1cccc(C#N)c1)c1sc(CC(C)C)nc1C. The fourth-order valence-electron chi connectivity index (χ4n) is 2.59. The van der Waals surface area contributed by atoms with E-state index in [1.807, 2.05) is 32.0 Å². The molecule has 1 heterocycles. The summed E-state index contributed by atoms with van der Waals surface area (Å²) in [7, 11) is 0. The lowest BCUT2D eigenvalue weighted by Crippen LogP contribution is -2.33. The minimum absolute atomic E-state index is 0.0330. The van der Waals surface area contributed by atoms with Crippen LogP contribution < -0.4 is 4.90 Å². The van der Waals surface area contributed by atoms with Gasteiger partial charge in [-0.2, -0.15) is 5.26 Å². The van der Waals surface area contributed by atoms with Crippen LogP contribution in [0.2, 0.25) is 0 Å². The Balaban J connectivity index is 2.33. The molecule has 0 atom stereocenters. The number of thiazole rings is 1. The van der Waals surface area contributed by atoms with E-state index in [-0.39, 0.29) is 12.5 Å². The molecule has 138 valence electrons. The van der Waals surface area contributed by atoms with Crippen LogP contribution in [-0.2, 0) is 22.5 Å². The summed E-state index contributed by atoms with van der Waals surface area (Å²) in [6.07, 6.45) is 0.892. The molecule has 0 radical (unpaired) electrons. The van der Waals surface area contributed by atoms with Crippen LogP contribution in [0.5, 0.6) is 0 Å². The first-order valence-electron chi connectivity index (χ1n) is 8.78. The van der Waals surface area contributed by atoms with Gasteiger partial charge in [0.25, 0.3) is 5.91 Å². The Morgan fingerprint density at radius 2 is 2.19 bits per heavy atom. The number of nitriles is 1. The molecule has 0 spiro atoms. The van der Waals surface area contributed by atoms with Crippen LogP contribution in [-0.4, -0.2) is 24.1 Å². The highest BCUT2D eigenvalue weighted by molar-refractivity contribution is 7.16. The highest BCUT2D eigenvalue weighted by Gasteiger charge is 2.22. The lowest BCUT2D eigenvalue weighted by Gasteiger charge is -2.22. The number of benzene rings is 1. The quantitative estimate of drug-likeness (QED) is 0.701. The first-order chi connectivity index (χ1) is 12.4. The van der Waals surface area contributed by atoms with Crippen LogP contribution in [0.25, 0.3) is 0 Å². The molecule has 6 heteroatoms. The van der Waals surface area contributed by atoms with Gasteiger partial charge < -0.3 is 4.74 Å². The molecule has 0 fully saturated rings. The molecule has 0 bridgehead atoms. The van der Waals surface area contributed by atoms with E-state index in [9.17, 15) is 4.79 Å². The van der Waals surface area contributed by atoms with Gasteiger partial charge in [-0.15, -0.1) is 11.3 Å². The Labute approximate surface area is 159 Å². The fourth-order valence-corrected chi connectivity index (χ4v) is 3.88. The van der Waals surface area contributed by atoms with Crippen LogP contribution in [0.4, 0.5) is 5.00 Å². The zero-order chi connectivity index (χ0) is 19.1. The van der Waals surface area contributed by atoms with E-state index >= 15 is 0 Å². The van der Waals surface area contributed by atoms with E-state index in [1.165, 1.54) is 0 Å². The van der Waals surface area contributed by atoms with E-state index < -0.39 is 0 Å². The number of aryl methyl sites for hydroxylation is 1. The number of ether oxygens (including phenoxy) is 1. The van der Waals surface area contributed by atoms with E-state index in [4.69, 9.17) is 10.00 Å². The molecule has 2 rings (SSSR count).